The van der Waals surface area contributed by atoms with Crippen LogP contribution in [-0.4, -0.2) is 32.6 Å². The molecule has 6 heteroatoms. The van der Waals surface area contributed by atoms with Crippen LogP contribution in [0.1, 0.15) is 40.7 Å². The van der Waals surface area contributed by atoms with Gasteiger partial charge in [0.2, 0.25) is 11.7 Å². The monoisotopic (exact) mass is 349 g/mol. The molecule has 26 heavy (non-hydrogen) atoms. The maximum atomic E-state index is 13.0. The van der Waals surface area contributed by atoms with Gasteiger partial charge in [0, 0.05) is 23.2 Å². The predicted molar refractivity (Wildman–Crippen MR) is 95.6 cm³/mol. The van der Waals surface area contributed by atoms with Gasteiger partial charge >= 0.3 is 0 Å². The molecule has 0 bridgehead atoms. The molecule has 6 nitrogen and oxygen atoms in total. The van der Waals surface area contributed by atoms with Crippen LogP contribution in [0.15, 0.2) is 53.1 Å². The van der Waals surface area contributed by atoms with Gasteiger partial charge in [-0.05, 0) is 31.9 Å². The molecular weight excluding hydrogens is 330 g/mol. The summed E-state index contributed by atoms with van der Waals surface area (Å²) in [6.45, 7) is 2.37. The Kier molecular flexibility index (Phi) is 4.16. The van der Waals surface area contributed by atoms with Crippen LogP contribution in [0.4, 0.5) is 0 Å². The minimum Gasteiger partial charge on any atom is -0.508 e. The van der Waals surface area contributed by atoms with Gasteiger partial charge in [-0.3, -0.25) is 4.79 Å². The Morgan fingerprint density at radius 1 is 1.19 bits per heavy atom. The number of rotatable bonds is 3. The van der Waals surface area contributed by atoms with E-state index in [-0.39, 0.29) is 17.7 Å². The van der Waals surface area contributed by atoms with Gasteiger partial charge in [-0.15, -0.1) is 0 Å². The summed E-state index contributed by atoms with van der Waals surface area (Å²) in [5, 5.41) is 14.0. The van der Waals surface area contributed by atoms with Gasteiger partial charge in [0.25, 0.3) is 5.91 Å². The summed E-state index contributed by atoms with van der Waals surface area (Å²) in [5.41, 5.74) is 1.96. The molecule has 1 atom stereocenters. The van der Waals surface area contributed by atoms with E-state index in [1.807, 2.05) is 30.3 Å². The van der Waals surface area contributed by atoms with E-state index in [0.717, 1.165) is 18.4 Å². The number of amides is 1. The maximum absolute atomic E-state index is 13.0. The molecule has 0 saturated carbocycles. The first-order chi connectivity index (χ1) is 12.6. The minimum absolute atomic E-state index is 0.121. The fraction of sp³-hybridized carbons (Fsp3) is 0.250. The van der Waals surface area contributed by atoms with E-state index in [1.165, 1.54) is 0 Å². The van der Waals surface area contributed by atoms with Crippen molar-refractivity contribution in [2.24, 2.45) is 0 Å². The summed E-state index contributed by atoms with van der Waals surface area (Å²) >= 11 is 0. The van der Waals surface area contributed by atoms with Crippen molar-refractivity contribution in [3.05, 3.63) is 65.5 Å². The van der Waals surface area contributed by atoms with Crippen molar-refractivity contribution in [3.8, 4) is 17.1 Å². The quantitative estimate of drug-likeness (QED) is 0.779. The van der Waals surface area contributed by atoms with Crippen LogP contribution in [0, 0.1) is 6.92 Å². The number of phenolic OH excluding ortho intramolecular Hbond substituents is 1. The molecule has 1 fully saturated rings. The van der Waals surface area contributed by atoms with Crippen molar-refractivity contribution in [1.29, 1.82) is 0 Å². The molecule has 1 saturated heterocycles. The van der Waals surface area contributed by atoms with Crippen molar-refractivity contribution in [2.75, 3.05) is 6.54 Å². The number of carbonyl (C=O) groups excluding carboxylic acids is 1. The van der Waals surface area contributed by atoms with Gasteiger partial charge in [-0.25, -0.2) is 0 Å². The van der Waals surface area contributed by atoms with Gasteiger partial charge in [-0.2, -0.15) is 4.98 Å². The number of aromatic nitrogens is 2. The van der Waals surface area contributed by atoms with Gasteiger partial charge < -0.3 is 14.5 Å². The summed E-state index contributed by atoms with van der Waals surface area (Å²) in [5.74, 6) is 0.969. The lowest BCUT2D eigenvalue weighted by molar-refractivity contribution is 0.0709. The molecule has 1 aromatic heterocycles. The Morgan fingerprint density at radius 2 is 2.00 bits per heavy atom. The van der Waals surface area contributed by atoms with Crippen molar-refractivity contribution in [3.63, 3.8) is 0 Å². The normalized spacial score (nSPS) is 16.8. The highest BCUT2D eigenvalue weighted by Crippen LogP contribution is 2.34. The predicted octanol–water partition coefficient (Wildman–Crippen LogP) is 3.73. The highest BCUT2D eigenvalue weighted by atomic mass is 16.5. The number of likely N-dealkylation sites (tertiary alicyclic amines) is 1. The Morgan fingerprint density at radius 3 is 2.81 bits per heavy atom. The Labute approximate surface area is 151 Å². The van der Waals surface area contributed by atoms with E-state index in [0.29, 0.717) is 29.4 Å². The van der Waals surface area contributed by atoms with Crippen LogP contribution in [-0.2, 0) is 0 Å². The second-order valence-electron chi connectivity index (χ2n) is 6.43. The topological polar surface area (TPSA) is 79.5 Å². The first-order valence-corrected chi connectivity index (χ1v) is 8.63. The lowest BCUT2D eigenvalue weighted by atomic mass is 10.1. The summed E-state index contributed by atoms with van der Waals surface area (Å²) < 4.78 is 5.47. The van der Waals surface area contributed by atoms with Crippen LogP contribution in [0.5, 0.6) is 5.75 Å². The molecule has 3 aromatic rings. The van der Waals surface area contributed by atoms with E-state index in [4.69, 9.17) is 4.52 Å². The molecule has 4 rings (SSSR count). The number of nitrogens with zero attached hydrogens (tertiary/aromatic N) is 3. The molecule has 0 radical (unpaired) electrons. The molecule has 1 N–H and O–H groups in total. The third kappa shape index (κ3) is 2.83. The largest absolute Gasteiger partial charge is 0.508 e. The van der Waals surface area contributed by atoms with E-state index in [2.05, 4.69) is 10.1 Å². The summed E-state index contributed by atoms with van der Waals surface area (Å²) in [4.78, 5) is 19.3. The van der Waals surface area contributed by atoms with Crippen molar-refractivity contribution in [2.45, 2.75) is 25.8 Å². The van der Waals surface area contributed by atoms with Gasteiger partial charge in [0.15, 0.2) is 0 Å². The average Bonchev–Trinajstić information content (AvgIpc) is 3.33. The standard InChI is InChI=1S/C20H19N3O3/c1-13-15(9-5-11-17(13)24)20(25)23-12-6-10-16(23)19-21-18(22-26-19)14-7-3-2-4-8-14/h2-5,7-9,11,16,24H,6,10,12H2,1H3/t16-/m0/s1. The lowest BCUT2D eigenvalue weighted by Gasteiger charge is -2.22. The minimum atomic E-state index is -0.241. The summed E-state index contributed by atoms with van der Waals surface area (Å²) in [7, 11) is 0. The number of benzene rings is 2. The third-order valence-electron chi connectivity index (χ3n) is 4.81. The Balaban J connectivity index is 1.62. The smallest absolute Gasteiger partial charge is 0.254 e. The van der Waals surface area contributed by atoms with Gasteiger partial charge in [-0.1, -0.05) is 41.6 Å². The molecule has 0 aliphatic carbocycles. The third-order valence-corrected chi connectivity index (χ3v) is 4.81. The average molecular weight is 349 g/mol. The number of hydrogen-bond acceptors (Lipinski definition) is 5. The van der Waals surface area contributed by atoms with Crippen molar-refractivity contribution >= 4 is 5.91 Å². The SMILES string of the molecule is Cc1c(O)cccc1C(=O)N1CCC[C@H]1c1nc(-c2ccccc2)no1. The van der Waals surface area contributed by atoms with Crippen LogP contribution < -0.4 is 0 Å². The summed E-state index contributed by atoms with van der Waals surface area (Å²) in [6, 6.07) is 14.4. The highest BCUT2D eigenvalue weighted by molar-refractivity contribution is 5.96. The zero-order valence-electron chi connectivity index (χ0n) is 14.4. The van der Waals surface area contributed by atoms with E-state index in [9.17, 15) is 9.90 Å². The second kappa shape index (κ2) is 6.63. The van der Waals surface area contributed by atoms with E-state index < -0.39 is 0 Å². The van der Waals surface area contributed by atoms with Crippen LogP contribution >= 0.6 is 0 Å². The van der Waals surface area contributed by atoms with Crippen LogP contribution in [0.3, 0.4) is 0 Å². The molecule has 1 aliphatic heterocycles. The first-order valence-electron chi connectivity index (χ1n) is 8.63. The lowest BCUT2D eigenvalue weighted by Crippen LogP contribution is -2.31. The summed E-state index contributed by atoms with van der Waals surface area (Å²) in [6.07, 6.45) is 1.65. The molecule has 2 heterocycles. The van der Waals surface area contributed by atoms with E-state index in [1.54, 1.807) is 30.0 Å². The maximum Gasteiger partial charge on any atom is 0.254 e. The van der Waals surface area contributed by atoms with Crippen molar-refractivity contribution < 1.29 is 14.4 Å². The van der Waals surface area contributed by atoms with E-state index >= 15 is 0 Å². The molecule has 0 spiro atoms. The molecular formula is C20H19N3O3. The Hall–Kier alpha value is -3.15. The molecule has 2 aromatic carbocycles. The van der Waals surface area contributed by atoms with Crippen LogP contribution in [0.25, 0.3) is 11.4 Å². The highest BCUT2D eigenvalue weighted by Gasteiger charge is 2.35. The second-order valence-corrected chi connectivity index (χ2v) is 6.43. The zero-order chi connectivity index (χ0) is 18.1. The van der Waals surface area contributed by atoms with Gasteiger partial charge in [0.05, 0.1) is 0 Å². The number of phenols is 1. The van der Waals surface area contributed by atoms with Crippen LogP contribution in [0.2, 0.25) is 0 Å². The molecule has 1 aliphatic rings. The number of hydrogen-bond donors (Lipinski definition) is 1. The number of carbonyl (C=O) groups is 1. The Bertz CT molecular complexity index is 936. The molecule has 0 unspecified atom stereocenters. The van der Waals surface area contributed by atoms with Crippen molar-refractivity contribution in [1.82, 2.24) is 15.0 Å². The molecule has 132 valence electrons. The fourth-order valence-electron chi connectivity index (χ4n) is 3.35. The van der Waals surface area contributed by atoms with Gasteiger partial charge in [0.1, 0.15) is 11.8 Å². The first kappa shape index (κ1) is 16.3. The zero-order valence-corrected chi connectivity index (χ0v) is 14.4. The fourth-order valence-corrected chi connectivity index (χ4v) is 3.35. The number of aromatic hydroxyl groups is 1. The molecule has 1 amide bonds.